The summed E-state index contributed by atoms with van der Waals surface area (Å²) in [6.45, 7) is 6.55. The number of halogens is 2. The molecule has 0 bridgehead atoms. The maximum absolute atomic E-state index is 13.5. The van der Waals surface area contributed by atoms with Gasteiger partial charge in [0.1, 0.15) is 18.2 Å². The molecule has 204 valence electrons. The van der Waals surface area contributed by atoms with E-state index in [1.54, 1.807) is 24.3 Å². The zero-order valence-electron chi connectivity index (χ0n) is 22.6. The fourth-order valence-corrected chi connectivity index (χ4v) is 4.90. The van der Waals surface area contributed by atoms with Crippen molar-refractivity contribution in [2.45, 2.75) is 46.0 Å². The number of dihydropyridines is 1. The molecule has 5 nitrogen and oxygen atoms in total. The number of unbranched alkanes of at least 4 members (excludes halogenated alkanes) is 2. The number of hydrogen-bond donors (Lipinski definition) is 1. The summed E-state index contributed by atoms with van der Waals surface area (Å²) >= 11 is 1.51. The summed E-state index contributed by atoms with van der Waals surface area (Å²) in [6.07, 6.45) is 10.4. The van der Waals surface area contributed by atoms with Crippen molar-refractivity contribution in [2.24, 2.45) is 0 Å². The number of nitrogens with one attached hydrogen (secondary N) is 1. The number of allylic oxidation sites excluding steroid dienone is 6. The number of hydrogen-bond acceptors (Lipinski definition) is 6. The SMILES string of the molecule is CCCCN(CCCC)c1ccc(C=Cc2ccc(C=CC3=C(C#N)C(=C(C#N)C#N)NC(C(F)F)=C3)s2)cc1. The Morgan fingerprint density at radius 1 is 0.900 bits per heavy atom. The first-order chi connectivity index (χ1) is 19.4. The number of nitriles is 3. The fourth-order valence-electron chi connectivity index (χ4n) is 4.08. The van der Waals surface area contributed by atoms with E-state index in [1.807, 2.05) is 24.3 Å². The highest BCUT2D eigenvalue weighted by Gasteiger charge is 2.24. The van der Waals surface area contributed by atoms with Gasteiger partial charge in [0.15, 0.2) is 5.57 Å². The van der Waals surface area contributed by atoms with Gasteiger partial charge in [0.25, 0.3) is 6.43 Å². The van der Waals surface area contributed by atoms with E-state index < -0.39 is 17.7 Å². The largest absolute Gasteiger partial charge is 0.372 e. The first kappa shape index (κ1) is 30.1. The molecule has 2 aromatic rings. The standard InChI is InChI=1S/C32H31F2N5S/c1-3-5-17-39(18-6-4-2)26-11-7-23(8-12-26)9-13-27-15-16-28(40-27)14-10-24-19-30(32(33)34)38-31(29(24)22-37)25(20-35)21-36/h7-16,19,32,38H,3-6,17-18H2,1-2H3. The van der Waals surface area contributed by atoms with Crippen LogP contribution in [0.4, 0.5) is 14.5 Å². The lowest BCUT2D eigenvalue weighted by molar-refractivity contribution is 0.182. The molecule has 0 radical (unpaired) electrons. The highest BCUT2D eigenvalue weighted by molar-refractivity contribution is 7.13. The minimum atomic E-state index is -2.86. The molecular weight excluding hydrogens is 524 g/mol. The topological polar surface area (TPSA) is 86.6 Å². The van der Waals surface area contributed by atoms with E-state index in [4.69, 9.17) is 0 Å². The number of rotatable bonds is 12. The Bertz CT molecular complexity index is 1430. The third-order valence-corrected chi connectivity index (χ3v) is 7.29. The first-order valence-electron chi connectivity index (χ1n) is 13.2. The van der Waals surface area contributed by atoms with Crippen LogP contribution in [0.2, 0.25) is 0 Å². The average molecular weight is 556 g/mol. The summed E-state index contributed by atoms with van der Waals surface area (Å²) in [4.78, 5) is 4.32. The summed E-state index contributed by atoms with van der Waals surface area (Å²) in [5.74, 6) is 0. The first-order valence-corrected chi connectivity index (χ1v) is 14.0. The summed E-state index contributed by atoms with van der Waals surface area (Å²) in [5, 5.41) is 30.4. The van der Waals surface area contributed by atoms with Gasteiger partial charge in [-0.15, -0.1) is 11.3 Å². The molecule has 1 N–H and O–H groups in total. The summed E-state index contributed by atoms with van der Waals surface area (Å²) in [6, 6.07) is 17.7. The van der Waals surface area contributed by atoms with Crippen LogP contribution in [0.25, 0.3) is 18.2 Å². The van der Waals surface area contributed by atoms with Gasteiger partial charge in [-0.2, -0.15) is 15.8 Å². The predicted octanol–water partition coefficient (Wildman–Crippen LogP) is 8.21. The molecule has 8 heteroatoms. The van der Waals surface area contributed by atoms with Gasteiger partial charge >= 0.3 is 0 Å². The van der Waals surface area contributed by atoms with Crippen LogP contribution in [0.15, 0.2) is 76.7 Å². The molecule has 0 aliphatic carbocycles. The van der Waals surface area contributed by atoms with Gasteiger partial charge in [-0.25, -0.2) is 8.78 Å². The van der Waals surface area contributed by atoms with Crippen LogP contribution in [0.5, 0.6) is 0 Å². The quantitative estimate of drug-likeness (QED) is 0.267. The molecule has 1 aliphatic rings. The third kappa shape index (κ3) is 8.03. The van der Waals surface area contributed by atoms with E-state index in [0.717, 1.165) is 28.4 Å². The molecule has 40 heavy (non-hydrogen) atoms. The van der Waals surface area contributed by atoms with Crippen molar-refractivity contribution in [3.63, 3.8) is 0 Å². The molecular formula is C32H31F2N5S. The van der Waals surface area contributed by atoms with Crippen molar-refractivity contribution in [1.29, 1.82) is 15.8 Å². The molecule has 0 spiro atoms. The molecule has 3 rings (SSSR count). The summed E-state index contributed by atoms with van der Waals surface area (Å²) < 4.78 is 26.9. The van der Waals surface area contributed by atoms with Gasteiger partial charge < -0.3 is 10.2 Å². The number of alkyl halides is 2. The number of nitrogens with zero attached hydrogens (tertiary/aromatic N) is 4. The molecule has 1 aromatic carbocycles. The Balaban J connectivity index is 1.77. The van der Waals surface area contributed by atoms with Gasteiger partial charge in [0.05, 0.1) is 17.0 Å². The molecule has 0 atom stereocenters. The monoisotopic (exact) mass is 555 g/mol. The average Bonchev–Trinajstić information content (AvgIpc) is 3.43. The predicted molar refractivity (Wildman–Crippen MR) is 159 cm³/mol. The zero-order chi connectivity index (χ0) is 28.9. The van der Waals surface area contributed by atoms with Gasteiger partial charge in [0, 0.05) is 28.5 Å². The molecule has 0 saturated heterocycles. The normalized spacial score (nSPS) is 13.2. The van der Waals surface area contributed by atoms with Crippen LogP contribution in [0.3, 0.4) is 0 Å². The lowest BCUT2D eigenvalue weighted by atomic mass is 9.97. The third-order valence-electron chi connectivity index (χ3n) is 6.28. The van der Waals surface area contributed by atoms with E-state index in [-0.39, 0.29) is 16.8 Å². The Hall–Kier alpha value is -4.45. The lowest BCUT2D eigenvalue weighted by Gasteiger charge is -2.24. The molecule has 1 aliphatic heterocycles. The van der Waals surface area contributed by atoms with Crippen LogP contribution >= 0.6 is 11.3 Å². The Morgan fingerprint density at radius 2 is 1.50 bits per heavy atom. The van der Waals surface area contributed by atoms with E-state index in [2.05, 4.69) is 54.4 Å². The van der Waals surface area contributed by atoms with Crippen molar-refractivity contribution in [1.82, 2.24) is 5.32 Å². The van der Waals surface area contributed by atoms with Crippen LogP contribution in [-0.2, 0) is 0 Å². The molecule has 0 saturated carbocycles. The van der Waals surface area contributed by atoms with Gasteiger partial charge in [-0.3, -0.25) is 0 Å². The van der Waals surface area contributed by atoms with Crippen LogP contribution in [0.1, 0.15) is 54.8 Å². The van der Waals surface area contributed by atoms with Crippen molar-refractivity contribution >= 4 is 35.3 Å². The summed E-state index contributed by atoms with van der Waals surface area (Å²) in [7, 11) is 0. The maximum atomic E-state index is 13.5. The lowest BCUT2D eigenvalue weighted by Crippen LogP contribution is -2.25. The second kappa shape index (κ2) is 15.2. The Morgan fingerprint density at radius 3 is 2.02 bits per heavy atom. The smallest absolute Gasteiger partial charge is 0.278 e. The Labute approximate surface area is 239 Å². The van der Waals surface area contributed by atoms with Crippen LogP contribution in [0, 0.1) is 34.0 Å². The van der Waals surface area contributed by atoms with Crippen LogP contribution in [-0.4, -0.2) is 19.5 Å². The number of anilines is 1. The molecule has 2 heterocycles. The highest BCUT2D eigenvalue weighted by atomic mass is 32.1. The van der Waals surface area contributed by atoms with E-state index >= 15 is 0 Å². The zero-order valence-corrected chi connectivity index (χ0v) is 23.4. The van der Waals surface area contributed by atoms with Gasteiger partial charge in [-0.05, 0) is 66.5 Å². The van der Waals surface area contributed by atoms with Crippen molar-refractivity contribution in [2.75, 3.05) is 18.0 Å². The Kier molecular flexibility index (Phi) is 11.5. The minimum Gasteiger partial charge on any atom is -0.372 e. The highest BCUT2D eigenvalue weighted by Crippen LogP contribution is 2.28. The molecule has 0 amide bonds. The minimum absolute atomic E-state index is 0.0400. The molecule has 0 unspecified atom stereocenters. The van der Waals surface area contributed by atoms with Crippen molar-refractivity contribution in [3.05, 3.63) is 92.0 Å². The van der Waals surface area contributed by atoms with Crippen molar-refractivity contribution in [3.8, 4) is 18.2 Å². The number of benzene rings is 1. The summed E-state index contributed by atoms with van der Waals surface area (Å²) in [5.41, 5.74) is 1.38. The van der Waals surface area contributed by atoms with Crippen LogP contribution < -0.4 is 10.2 Å². The van der Waals surface area contributed by atoms with Gasteiger partial charge in [-0.1, -0.05) is 51.0 Å². The van der Waals surface area contributed by atoms with E-state index in [1.165, 1.54) is 48.8 Å². The second-order valence-electron chi connectivity index (χ2n) is 9.13. The van der Waals surface area contributed by atoms with Gasteiger partial charge in [0.2, 0.25) is 0 Å². The van der Waals surface area contributed by atoms with Crippen molar-refractivity contribution < 1.29 is 8.78 Å². The molecule has 1 aromatic heterocycles. The second-order valence-corrected chi connectivity index (χ2v) is 10.3. The maximum Gasteiger partial charge on any atom is 0.278 e. The molecule has 0 fully saturated rings. The van der Waals surface area contributed by atoms with E-state index in [0.29, 0.717) is 0 Å². The van der Waals surface area contributed by atoms with E-state index in [9.17, 15) is 24.6 Å². The fraction of sp³-hybridized carbons (Fsp3) is 0.281. The number of thiophene rings is 1.